The van der Waals surface area contributed by atoms with Crippen LogP contribution in [0.15, 0.2) is 24.3 Å². The Balaban J connectivity index is 1.88. The van der Waals surface area contributed by atoms with E-state index in [9.17, 15) is 0 Å². The van der Waals surface area contributed by atoms with Gasteiger partial charge in [0.1, 0.15) is 0 Å². The molecule has 1 aromatic carbocycles. The molecule has 2 atom stereocenters. The smallest absolute Gasteiger partial charge is 0.0495 e. The van der Waals surface area contributed by atoms with Gasteiger partial charge in [0.05, 0.1) is 0 Å². The zero-order valence-electron chi connectivity index (χ0n) is 12.5. The second-order valence-corrected chi connectivity index (χ2v) is 6.88. The van der Waals surface area contributed by atoms with Crippen molar-refractivity contribution in [3.8, 4) is 0 Å². The normalized spacial score (nSPS) is 21.6. The predicted octanol–water partition coefficient (Wildman–Crippen LogP) is 3.28. The maximum absolute atomic E-state index is 6.25. The number of rotatable bonds is 4. The average Bonchev–Trinajstić information content (AvgIpc) is 2.81. The summed E-state index contributed by atoms with van der Waals surface area (Å²) < 4.78 is 5.41. The minimum Gasteiger partial charge on any atom is -0.381 e. The minimum atomic E-state index is 0.224. The predicted molar refractivity (Wildman–Crippen MR) is 80.4 cm³/mol. The molecule has 2 unspecified atom stereocenters. The van der Waals surface area contributed by atoms with Gasteiger partial charge in [0.25, 0.3) is 0 Å². The molecule has 1 aliphatic heterocycles. The van der Waals surface area contributed by atoms with Crippen molar-refractivity contribution in [2.24, 2.45) is 11.7 Å². The van der Waals surface area contributed by atoms with Crippen molar-refractivity contribution in [2.45, 2.75) is 51.5 Å². The molecule has 0 spiro atoms. The van der Waals surface area contributed by atoms with Crippen LogP contribution in [0, 0.1) is 5.92 Å². The van der Waals surface area contributed by atoms with E-state index in [1.54, 1.807) is 0 Å². The van der Waals surface area contributed by atoms with Crippen molar-refractivity contribution in [2.75, 3.05) is 13.2 Å². The van der Waals surface area contributed by atoms with Crippen LogP contribution < -0.4 is 5.73 Å². The molecule has 0 aromatic heterocycles. The monoisotopic (exact) mass is 261 g/mol. The molecule has 1 heterocycles. The van der Waals surface area contributed by atoms with Gasteiger partial charge in [-0.05, 0) is 41.7 Å². The summed E-state index contributed by atoms with van der Waals surface area (Å²) in [6.45, 7) is 8.55. The van der Waals surface area contributed by atoms with Crippen LogP contribution in [0.5, 0.6) is 0 Å². The molecule has 0 radical (unpaired) electrons. The topological polar surface area (TPSA) is 35.2 Å². The van der Waals surface area contributed by atoms with Crippen molar-refractivity contribution in [3.05, 3.63) is 35.4 Å². The molecular formula is C17H27NO. The maximum atomic E-state index is 6.25. The van der Waals surface area contributed by atoms with Gasteiger partial charge in [0.15, 0.2) is 0 Å². The van der Waals surface area contributed by atoms with Crippen LogP contribution in [0.1, 0.15) is 44.7 Å². The fourth-order valence-corrected chi connectivity index (χ4v) is 2.72. The molecule has 19 heavy (non-hydrogen) atoms. The number of benzene rings is 1. The third-order valence-corrected chi connectivity index (χ3v) is 3.98. The zero-order valence-corrected chi connectivity index (χ0v) is 12.5. The Hall–Kier alpha value is -0.860. The van der Waals surface area contributed by atoms with Crippen molar-refractivity contribution < 1.29 is 4.74 Å². The molecule has 1 saturated heterocycles. The molecule has 1 aromatic rings. The zero-order chi connectivity index (χ0) is 13.9. The Kier molecular flexibility index (Phi) is 4.64. The van der Waals surface area contributed by atoms with Crippen molar-refractivity contribution in [1.29, 1.82) is 0 Å². The lowest BCUT2D eigenvalue weighted by Crippen LogP contribution is -2.26. The van der Waals surface area contributed by atoms with E-state index in [0.29, 0.717) is 5.92 Å². The van der Waals surface area contributed by atoms with Crippen molar-refractivity contribution in [1.82, 2.24) is 0 Å². The van der Waals surface area contributed by atoms with E-state index in [4.69, 9.17) is 10.5 Å². The first-order valence-corrected chi connectivity index (χ1v) is 7.38. The third kappa shape index (κ3) is 4.32. The standard InChI is InChI=1S/C17H27NO/c1-17(2,3)15-6-4-13(5-7-15)10-16(18)11-14-8-9-19-12-14/h4-7,14,16H,8-12,18H2,1-3H3. The van der Waals surface area contributed by atoms with Crippen molar-refractivity contribution >= 4 is 0 Å². The fraction of sp³-hybridized carbons (Fsp3) is 0.647. The fourth-order valence-electron chi connectivity index (χ4n) is 2.72. The van der Waals surface area contributed by atoms with Gasteiger partial charge in [0.2, 0.25) is 0 Å². The Morgan fingerprint density at radius 3 is 2.47 bits per heavy atom. The summed E-state index contributed by atoms with van der Waals surface area (Å²) in [6, 6.07) is 9.19. The lowest BCUT2D eigenvalue weighted by Gasteiger charge is -2.20. The molecule has 0 bridgehead atoms. The lowest BCUT2D eigenvalue weighted by molar-refractivity contribution is 0.182. The van der Waals surface area contributed by atoms with Gasteiger partial charge in [-0.25, -0.2) is 0 Å². The largest absolute Gasteiger partial charge is 0.381 e. The second kappa shape index (κ2) is 6.06. The average molecular weight is 261 g/mol. The van der Waals surface area contributed by atoms with Crippen LogP contribution in [0.3, 0.4) is 0 Å². The summed E-state index contributed by atoms with van der Waals surface area (Å²) in [6.07, 6.45) is 3.23. The molecule has 0 amide bonds. The van der Waals surface area contributed by atoms with Gasteiger partial charge >= 0.3 is 0 Å². The summed E-state index contributed by atoms with van der Waals surface area (Å²) in [5.74, 6) is 0.670. The van der Waals surface area contributed by atoms with Crippen LogP contribution in [-0.2, 0) is 16.6 Å². The number of hydrogen-bond donors (Lipinski definition) is 1. The van der Waals surface area contributed by atoms with Crippen LogP contribution in [-0.4, -0.2) is 19.3 Å². The molecular weight excluding hydrogens is 234 g/mol. The van der Waals surface area contributed by atoms with Gasteiger partial charge in [-0.2, -0.15) is 0 Å². The Bertz CT molecular complexity index is 385. The molecule has 0 saturated carbocycles. The number of ether oxygens (including phenoxy) is 1. The SMILES string of the molecule is CC(C)(C)c1ccc(CC(N)CC2CCOC2)cc1. The quantitative estimate of drug-likeness (QED) is 0.902. The number of hydrogen-bond acceptors (Lipinski definition) is 2. The van der Waals surface area contributed by atoms with E-state index in [-0.39, 0.29) is 11.5 Å². The third-order valence-electron chi connectivity index (χ3n) is 3.98. The Labute approximate surface area is 117 Å². The van der Waals surface area contributed by atoms with Gasteiger partial charge in [-0.1, -0.05) is 45.0 Å². The summed E-state index contributed by atoms with van der Waals surface area (Å²) in [5, 5.41) is 0. The molecule has 2 nitrogen and oxygen atoms in total. The summed E-state index contributed by atoms with van der Waals surface area (Å²) in [7, 11) is 0. The van der Waals surface area contributed by atoms with Crippen LogP contribution >= 0.6 is 0 Å². The minimum absolute atomic E-state index is 0.224. The highest BCUT2D eigenvalue weighted by molar-refractivity contribution is 5.27. The van der Waals surface area contributed by atoms with Crippen LogP contribution in [0.4, 0.5) is 0 Å². The highest BCUT2D eigenvalue weighted by atomic mass is 16.5. The van der Waals surface area contributed by atoms with E-state index in [2.05, 4.69) is 45.0 Å². The van der Waals surface area contributed by atoms with Crippen molar-refractivity contribution in [3.63, 3.8) is 0 Å². The van der Waals surface area contributed by atoms with E-state index in [1.807, 2.05) is 0 Å². The maximum Gasteiger partial charge on any atom is 0.0495 e. The molecule has 1 fully saturated rings. The molecule has 2 N–H and O–H groups in total. The van der Waals surface area contributed by atoms with Crippen LogP contribution in [0.25, 0.3) is 0 Å². The molecule has 2 rings (SSSR count). The van der Waals surface area contributed by atoms with E-state index >= 15 is 0 Å². The summed E-state index contributed by atoms with van der Waals surface area (Å²) >= 11 is 0. The van der Waals surface area contributed by atoms with Gasteiger partial charge < -0.3 is 10.5 Å². The van der Waals surface area contributed by atoms with Gasteiger partial charge in [-0.15, -0.1) is 0 Å². The Morgan fingerprint density at radius 2 is 1.95 bits per heavy atom. The number of nitrogens with two attached hydrogens (primary N) is 1. The molecule has 0 aliphatic carbocycles. The second-order valence-electron chi connectivity index (χ2n) is 6.88. The Morgan fingerprint density at radius 1 is 1.26 bits per heavy atom. The summed E-state index contributed by atoms with van der Waals surface area (Å²) in [4.78, 5) is 0. The first-order valence-electron chi connectivity index (χ1n) is 7.38. The van der Waals surface area contributed by atoms with E-state index in [1.165, 1.54) is 17.5 Å². The van der Waals surface area contributed by atoms with E-state index < -0.39 is 0 Å². The summed E-state index contributed by atoms with van der Waals surface area (Å²) in [5.41, 5.74) is 9.21. The van der Waals surface area contributed by atoms with Gasteiger partial charge in [0, 0.05) is 19.3 Å². The molecule has 106 valence electrons. The molecule has 1 aliphatic rings. The van der Waals surface area contributed by atoms with E-state index in [0.717, 1.165) is 26.1 Å². The first kappa shape index (κ1) is 14.5. The molecule has 2 heteroatoms. The van der Waals surface area contributed by atoms with Crippen LogP contribution in [0.2, 0.25) is 0 Å². The lowest BCUT2D eigenvalue weighted by atomic mass is 9.86. The highest BCUT2D eigenvalue weighted by Crippen LogP contribution is 2.23. The highest BCUT2D eigenvalue weighted by Gasteiger charge is 2.19. The van der Waals surface area contributed by atoms with Gasteiger partial charge in [-0.3, -0.25) is 0 Å². The first-order chi connectivity index (χ1) is 8.95.